The van der Waals surface area contributed by atoms with Gasteiger partial charge in [-0.3, -0.25) is 0 Å². The third-order valence-corrected chi connectivity index (χ3v) is 3.19. The predicted molar refractivity (Wildman–Crippen MR) is 73.3 cm³/mol. The van der Waals surface area contributed by atoms with Crippen LogP contribution in [-0.4, -0.2) is 29.3 Å². The number of rotatable bonds is 4. The van der Waals surface area contributed by atoms with E-state index in [4.69, 9.17) is 9.84 Å². The van der Waals surface area contributed by atoms with Gasteiger partial charge in [0.05, 0.1) is 17.7 Å². The quantitative estimate of drug-likeness (QED) is 0.852. The molecule has 0 fully saturated rings. The lowest BCUT2D eigenvalue weighted by molar-refractivity contribution is -0.137. The number of halogens is 3. The van der Waals surface area contributed by atoms with Gasteiger partial charge in [-0.15, -0.1) is 0 Å². The molecule has 0 amide bonds. The van der Waals surface area contributed by atoms with E-state index in [0.29, 0.717) is 5.56 Å². The lowest BCUT2D eigenvalue weighted by atomic mass is 10.0. The van der Waals surface area contributed by atoms with E-state index in [1.165, 1.54) is 31.3 Å². The molecule has 0 spiro atoms. The molecule has 2 aromatic rings. The van der Waals surface area contributed by atoms with Crippen LogP contribution in [0.5, 0.6) is 0 Å². The van der Waals surface area contributed by atoms with Crippen molar-refractivity contribution >= 4 is 5.97 Å². The van der Waals surface area contributed by atoms with Crippen molar-refractivity contribution in [2.45, 2.75) is 13.1 Å². The number of benzene rings is 1. The molecule has 1 heterocycles. The summed E-state index contributed by atoms with van der Waals surface area (Å²) in [6, 6.07) is 5.12. The Morgan fingerprint density at radius 1 is 1.32 bits per heavy atom. The zero-order valence-corrected chi connectivity index (χ0v) is 11.7. The van der Waals surface area contributed by atoms with Crippen LogP contribution in [-0.2, 0) is 10.9 Å². The Morgan fingerprint density at radius 2 is 2.00 bits per heavy atom. The summed E-state index contributed by atoms with van der Waals surface area (Å²) in [5.74, 6) is -0.696. The minimum atomic E-state index is -4.49. The van der Waals surface area contributed by atoms with Gasteiger partial charge >= 0.3 is 12.1 Å². The minimum Gasteiger partial charge on any atom is -0.460 e. The van der Waals surface area contributed by atoms with Crippen LogP contribution in [0.1, 0.15) is 21.5 Å². The maximum atomic E-state index is 13.1. The highest BCUT2D eigenvalue weighted by Gasteiger charge is 2.34. The first-order chi connectivity index (χ1) is 10.4. The van der Waals surface area contributed by atoms with Crippen molar-refractivity contribution in [1.29, 1.82) is 0 Å². The highest BCUT2D eigenvalue weighted by atomic mass is 19.4. The fourth-order valence-corrected chi connectivity index (χ4v) is 2.15. The number of aliphatic hydroxyl groups excluding tert-OH is 1. The first-order valence-electron chi connectivity index (χ1n) is 6.48. The van der Waals surface area contributed by atoms with Crippen molar-refractivity contribution in [3.05, 3.63) is 47.2 Å². The number of alkyl halides is 3. The van der Waals surface area contributed by atoms with Gasteiger partial charge in [-0.2, -0.15) is 13.2 Å². The van der Waals surface area contributed by atoms with E-state index < -0.39 is 17.7 Å². The van der Waals surface area contributed by atoms with Gasteiger partial charge in [-0.05, 0) is 18.6 Å². The number of esters is 1. The largest absolute Gasteiger partial charge is 0.460 e. The number of ether oxygens (including phenoxy) is 1. The van der Waals surface area contributed by atoms with Gasteiger partial charge in [-0.25, -0.2) is 4.79 Å². The van der Waals surface area contributed by atoms with Crippen LogP contribution < -0.4 is 0 Å². The molecule has 0 saturated carbocycles. The second-order valence-corrected chi connectivity index (χ2v) is 4.61. The van der Waals surface area contributed by atoms with E-state index in [0.717, 1.165) is 6.07 Å². The van der Waals surface area contributed by atoms with Crippen LogP contribution in [0.2, 0.25) is 0 Å². The molecule has 0 aliphatic heterocycles. The predicted octanol–water partition coefficient (Wildman–Crippen LogP) is 3.16. The van der Waals surface area contributed by atoms with Crippen molar-refractivity contribution in [2.75, 3.05) is 13.2 Å². The summed E-state index contributed by atoms with van der Waals surface area (Å²) in [6.07, 6.45) is -3.19. The summed E-state index contributed by atoms with van der Waals surface area (Å²) < 4.78 is 44.0. The Kier molecular flexibility index (Phi) is 4.56. The number of H-pyrrole nitrogens is 1. The molecule has 0 radical (unpaired) electrons. The van der Waals surface area contributed by atoms with Crippen LogP contribution in [0, 0.1) is 6.92 Å². The number of aromatic amines is 1. The fourth-order valence-electron chi connectivity index (χ4n) is 2.15. The maximum absolute atomic E-state index is 13.1. The van der Waals surface area contributed by atoms with Gasteiger partial charge in [-0.1, -0.05) is 18.2 Å². The van der Waals surface area contributed by atoms with E-state index in [1.54, 1.807) is 0 Å². The Hall–Kier alpha value is -2.28. The molecule has 1 aromatic carbocycles. The van der Waals surface area contributed by atoms with Crippen LogP contribution in [0.3, 0.4) is 0 Å². The second-order valence-electron chi connectivity index (χ2n) is 4.61. The Morgan fingerprint density at radius 3 is 2.64 bits per heavy atom. The van der Waals surface area contributed by atoms with Gasteiger partial charge in [0.25, 0.3) is 0 Å². The molecule has 0 bridgehead atoms. The molecule has 2 N–H and O–H groups in total. The number of carbonyl (C=O) groups excluding carboxylic acids is 1. The molecule has 7 heteroatoms. The van der Waals surface area contributed by atoms with E-state index >= 15 is 0 Å². The number of hydrogen-bond donors (Lipinski definition) is 2. The molecular formula is C15H14F3NO3. The van der Waals surface area contributed by atoms with E-state index in [9.17, 15) is 18.0 Å². The third-order valence-electron chi connectivity index (χ3n) is 3.19. The Labute approximate surface area is 124 Å². The van der Waals surface area contributed by atoms with Crippen LogP contribution in [0.25, 0.3) is 11.3 Å². The Balaban J connectivity index is 2.44. The molecule has 22 heavy (non-hydrogen) atoms. The lowest BCUT2D eigenvalue weighted by Gasteiger charge is -2.12. The molecule has 0 saturated heterocycles. The third kappa shape index (κ3) is 3.14. The zero-order valence-electron chi connectivity index (χ0n) is 11.7. The highest BCUT2D eigenvalue weighted by molar-refractivity contribution is 5.93. The van der Waals surface area contributed by atoms with Crippen LogP contribution in [0.15, 0.2) is 30.5 Å². The average Bonchev–Trinajstić information content (AvgIpc) is 2.85. The summed E-state index contributed by atoms with van der Waals surface area (Å²) >= 11 is 0. The van der Waals surface area contributed by atoms with Gasteiger partial charge in [0, 0.05) is 17.5 Å². The standard InChI is InChI=1S/C15H14F3NO3/c1-9-11(14(21)22-7-6-20)8-19-13(9)10-4-2-3-5-12(10)15(16,17)18/h2-5,8,19-20H,6-7H2,1H3. The Bertz CT molecular complexity index is 677. The first kappa shape index (κ1) is 16.1. The molecule has 1 aromatic heterocycles. The second kappa shape index (κ2) is 6.23. The van der Waals surface area contributed by atoms with E-state index in [-0.39, 0.29) is 30.0 Å². The molecule has 0 atom stereocenters. The molecule has 0 unspecified atom stereocenters. The lowest BCUT2D eigenvalue weighted by Crippen LogP contribution is -2.09. The van der Waals surface area contributed by atoms with Crippen LogP contribution >= 0.6 is 0 Å². The number of carbonyl (C=O) groups is 1. The van der Waals surface area contributed by atoms with Gasteiger partial charge in [0.1, 0.15) is 6.61 Å². The van der Waals surface area contributed by atoms with Crippen molar-refractivity contribution in [3.63, 3.8) is 0 Å². The molecule has 2 rings (SSSR count). The summed E-state index contributed by atoms with van der Waals surface area (Å²) in [4.78, 5) is 14.5. The average molecular weight is 313 g/mol. The smallest absolute Gasteiger partial charge is 0.417 e. The molecule has 0 aliphatic rings. The number of aliphatic hydroxyl groups is 1. The minimum absolute atomic E-state index is 0.0336. The van der Waals surface area contributed by atoms with Crippen molar-refractivity contribution in [2.24, 2.45) is 0 Å². The number of aromatic nitrogens is 1. The summed E-state index contributed by atoms with van der Waals surface area (Å²) in [5.41, 5.74) is -0.104. The highest BCUT2D eigenvalue weighted by Crippen LogP contribution is 2.38. The zero-order chi connectivity index (χ0) is 16.3. The van der Waals surface area contributed by atoms with Crippen molar-refractivity contribution in [3.8, 4) is 11.3 Å². The van der Waals surface area contributed by atoms with Gasteiger partial charge in [0.15, 0.2) is 0 Å². The first-order valence-corrected chi connectivity index (χ1v) is 6.48. The normalized spacial score (nSPS) is 11.5. The number of nitrogens with one attached hydrogen (secondary N) is 1. The summed E-state index contributed by atoms with van der Waals surface area (Å²) in [7, 11) is 0. The summed E-state index contributed by atoms with van der Waals surface area (Å²) in [5, 5.41) is 8.63. The topological polar surface area (TPSA) is 62.3 Å². The molecule has 0 aliphatic carbocycles. The molecule has 4 nitrogen and oxygen atoms in total. The van der Waals surface area contributed by atoms with E-state index in [1.807, 2.05) is 0 Å². The van der Waals surface area contributed by atoms with Crippen molar-refractivity contribution < 1.29 is 27.8 Å². The van der Waals surface area contributed by atoms with Gasteiger partial charge in [0.2, 0.25) is 0 Å². The van der Waals surface area contributed by atoms with E-state index in [2.05, 4.69) is 4.98 Å². The van der Waals surface area contributed by atoms with Crippen LogP contribution in [0.4, 0.5) is 13.2 Å². The summed E-state index contributed by atoms with van der Waals surface area (Å²) in [6.45, 7) is 1.05. The molecule has 118 valence electrons. The number of hydrogen-bond acceptors (Lipinski definition) is 3. The van der Waals surface area contributed by atoms with Gasteiger partial charge < -0.3 is 14.8 Å². The van der Waals surface area contributed by atoms with Crippen molar-refractivity contribution in [1.82, 2.24) is 4.98 Å². The maximum Gasteiger partial charge on any atom is 0.417 e. The monoisotopic (exact) mass is 313 g/mol. The fraction of sp³-hybridized carbons (Fsp3) is 0.267. The molecular weight excluding hydrogens is 299 g/mol. The SMILES string of the molecule is Cc1c(C(=O)OCCO)c[nH]c1-c1ccccc1C(F)(F)F.